The van der Waals surface area contributed by atoms with Crippen LogP contribution in [0, 0.1) is 22.7 Å². The fourth-order valence-corrected chi connectivity index (χ4v) is 3.19. The molecule has 1 atom stereocenters. The van der Waals surface area contributed by atoms with Gasteiger partial charge in [0.25, 0.3) is 5.56 Å². The number of para-hydroxylation sites is 2. The molecule has 0 spiro atoms. The molecule has 1 aliphatic rings. The van der Waals surface area contributed by atoms with Gasteiger partial charge in [-0.05, 0) is 12.1 Å². The van der Waals surface area contributed by atoms with Crippen LogP contribution in [0.5, 0.6) is 0 Å². The number of nitrogens with two attached hydrogens (primary N) is 1. The van der Waals surface area contributed by atoms with E-state index in [1.54, 1.807) is 48.5 Å². The standard InChI is InChI=1S/C21H13N5O2/c22-10-13-17(18-21(27)26-16-9-5-4-8-15(16)25-18)14(11-23)20(24)28-19(13)12-6-2-1-3-7-12/h1-9,17H,24H2,(H,26,27). The molecular formula is C21H13N5O2. The maximum absolute atomic E-state index is 12.7. The van der Waals surface area contributed by atoms with Crippen molar-refractivity contribution in [2.45, 2.75) is 5.92 Å². The van der Waals surface area contributed by atoms with Crippen LogP contribution in [0.1, 0.15) is 17.2 Å². The van der Waals surface area contributed by atoms with Crippen molar-refractivity contribution in [1.82, 2.24) is 9.97 Å². The topological polar surface area (TPSA) is 129 Å². The highest BCUT2D eigenvalue weighted by Gasteiger charge is 2.36. The fourth-order valence-electron chi connectivity index (χ4n) is 3.19. The first-order valence-electron chi connectivity index (χ1n) is 8.40. The minimum absolute atomic E-state index is 0.0199. The number of aromatic nitrogens is 2. The zero-order valence-corrected chi connectivity index (χ0v) is 14.5. The molecular weight excluding hydrogens is 354 g/mol. The lowest BCUT2D eigenvalue weighted by atomic mass is 9.85. The summed E-state index contributed by atoms with van der Waals surface area (Å²) >= 11 is 0. The molecule has 2 aromatic carbocycles. The van der Waals surface area contributed by atoms with Gasteiger partial charge in [-0.25, -0.2) is 4.98 Å². The molecule has 0 radical (unpaired) electrons. The molecule has 134 valence electrons. The van der Waals surface area contributed by atoms with Crippen LogP contribution >= 0.6 is 0 Å². The number of H-pyrrole nitrogens is 1. The first-order chi connectivity index (χ1) is 13.6. The van der Waals surface area contributed by atoms with E-state index in [1.807, 2.05) is 12.1 Å². The molecule has 7 nitrogen and oxygen atoms in total. The monoisotopic (exact) mass is 367 g/mol. The Balaban J connectivity index is 2.02. The smallest absolute Gasteiger partial charge is 0.271 e. The van der Waals surface area contributed by atoms with Gasteiger partial charge in [-0.3, -0.25) is 4.79 Å². The van der Waals surface area contributed by atoms with Crippen LogP contribution < -0.4 is 11.3 Å². The number of hydrogen-bond acceptors (Lipinski definition) is 6. The Morgan fingerprint density at radius 3 is 2.39 bits per heavy atom. The molecule has 0 amide bonds. The minimum Gasteiger partial charge on any atom is -0.439 e. The predicted octanol–water partition coefficient (Wildman–Crippen LogP) is 2.67. The van der Waals surface area contributed by atoms with Crippen molar-refractivity contribution in [3.8, 4) is 12.1 Å². The predicted molar refractivity (Wildman–Crippen MR) is 102 cm³/mol. The van der Waals surface area contributed by atoms with Gasteiger partial charge in [0.2, 0.25) is 5.88 Å². The van der Waals surface area contributed by atoms with Crippen LogP contribution in [-0.2, 0) is 4.74 Å². The van der Waals surface area contributed by atoms with Crippen LogP contribution in [0.3, 0.4) is 0 Å². The van der Waals surface area contributed by atoms with Gasteiger partial charge in [0.1, 0.15) is 17.3 Å². The van der Waals surface area contributed by atoms with Gasteiger partial charge in [-0.1, -0.05) is 42.5 Å². The average Bonchev–Trinajstić information content (AvgIpc) is 2.73. The first-order valence-corrected chi connectivity index (χ1v) is 8.40. The lowest BCUT2D eigenvalue weighted by molar-refractivity contribution is 0.357. The molecule has 0 bridgehead atoms. The number of rotatable bonds is 2. The van der Waals surface area contributed by atoms with E-state index >= 15 is 0 Å². The SMILES string of the molecule is N#CC1=C(N)OC(c2ccccc2)=C(C#N)C1c1nc2ccccc2[nH]c1=O. The zero-order valence-electron chi connectivity index (χ0n) is 14.5. The Morgan fingerprint density at radius 2 is 1.68 bits per heavy atom. The Kier molecular flexibility index (Phi) is 4.11. The van der Waals surface area contributed by atoms with Gasteiger partial charge < -0.3 is 15.5 Å². The second kappa shape index (κ2) is 6.75. The van der Waals surface area contributed by atoms with Gasteiger partial charge in [0.05, 0.1) is 28.6 Å². The van der Waals surface area contributed by atoms with E-state index in [0.717, 1.165) is 0 Å². The normalized spacial score (nSPS) is 16.4. The Morgan fingerprint density at radius 1 is 1.00 bits per heavy atom. The summed E-state index contributed by atoms with van der Waals surface area (Å²) in [5.41, 5.74) is 7.29. The summed E-state index contributed by atoms with van der Waals surface area (Å²) in [6.07, 6.45) is 0. The van der Waals surface area contributed by atoms with Crippen LogP contribution in [-0.4, -0.2) is 9.97 Å². The second-order valence-electron chi connectivity index (χ2n) is 6.11. The number of benzene rings is 2. The van der Waals surface area contributed by atoms with Gasteiger partial charge in [0.15, 0.2) is 5.76 Å². The van der Waals surface area contributed by atoms with Crippen molar-refractivity contribution >= 4 is 16.8 Å². The summed E-state index contributed by atoms with van der Waals surface area (Å²) in [7, 11) is 0. The van der Waals surface area contributed by atoms with Crippen LogP contribution in [0.25, 0.3) is 16.8 Å². The highest BCUT2D eigenvalue weighted by atomic mass is 16.5. The highest BCUT2D eigenvalue weighted by Crippen LogP contribution is 2.40. The number of aromatic amines is 1. The third-order valence-electron chi connectivity index (χ3n) is 4.48. The van der Waals surface area contributed by atoms with Crippen LogP contribution in [0.2, 0.25) is 0 Å². The largest absolute Gasteiger partial charge is 0.439 e. The maximum Gasteiger partial charge on any atom is 0.271 e. The van der Waals surface area contributed by atoms with E-state index in [0.29, 0.717) is 16.6 Å². The van der Waals surface area contributed by atoms with Crippen LogP contribution in [0.15, 0.2) is 76.4 Å². The molecule has 0 saturated heterocycles. The van der Waals surface area contributed by atoms with Crippen LogP contribution in [0.4, 0.5) is 0 Å². The van der Waals surface area contributed by atoms with Gasteiger partial charge >= 0.3 is 0 Å². The van der Waals surface area contributed by atoms with Crippen molar-refractivity contribution < 1.29 is 4.74 Å². The summed E-state index contributed by atoms with van der Waals surface area (Å²) < 4.78 is 5.61. The lowest BCUT2D eigenvalue weighted by Gasteiger charge is -2.25. The third kappa shape index (κ3) is 2.68. The van der Waals surface area contributed by atoms with Gasteiger partial charge in [-0.15, -0.1) is 0 Å². The molecule has 4 rings (SSSR count). The number of nitrogens with zero attached hydrogens (tertiary/aromatic N) is 3. The van der Waals surface area contributed by atoms with Crippen molar-refractivity contribution in [2.24, 2.45) is 5.73 Å². The molecule has 3 aromatic rings. The molecule has 0 aliphatic carbocycles. The highest BCUT2D eigenvalue weighted by molar-refractivity contribution is 5.76. The summed E-state index contributed by atoms with van der Waals surface area (Å²) in [6.45, 7) is 0. The van der Waals surface area contributed by atoms with Crippen molar-refractivity contribution in [3.63, 3.8) is 0 Å². The third-order valence-corrected chi connectivity index (χ3v) is 4.48. The lowest BCUT2D eigenvalue weighted by Crippen LogP contribution is -2.26. The Hall–Kier alpha value is -4.36. The molecule has 0 fully saturated rings. The summed E-state index contributed by atoms with van der Waals surface area (Å²) in [5.74, 6) is -0.967. The molecule has 1 aromatic heterocycles. The van der Waals surface area contributed by atoms with Gasteiger partial charge in [0, 0.05) is 5.56 Å². The second-order valence-corrected chi connectivity index (χ2v) is 6.11. The van der Waals surface area contributed by atoms with E-state index in [4.69, 9.17) is 10.5 Å². The number of ether oxygens (including phenoxy) is 1. The van der Waals surface area contributed by atoms with E-state index in [1.165, 1.54) is 0 Å². The minimum atomic E-state index is -1.02. The Bertz CT molecular complexity index is 1290. The van der Waals surface area contributed by atoms with Gasteiger partial charge in [-0.2, -0.15) is 10.5 Å². The summed E-state index contributed by atoms with van der Waals surface area (Å²) in [6, 6.07) is 20.0. The number of fused-ring (bicyclic) bond motifs is 1. The zero-order chi connectivity index (χ0) is 19.7. The summed E-state index contributed by atoms with van der Waals surface area (Å²) in [5, 5.41) is 19.5. The van der Waals surface area contributed by atoms with E-state index in [-0.39, 0.29) is 28.5 Å². The van der Waals surface area contributed by atoms with Crippen molar-refractivity contribution in [1.29, 1.82) is 10.5 Å². The quantitative estimate of drug-likeness (QED) is 0.716. The molecule has 1 unspecified atom stereocenters. The summed E-state index contributed by atoms with van der Waals surface area (Å²) in [4.78, 5) is 19.9. The molecule has 1 aliphatic heterocycles. The van der Waals surface area contributed by atoms with E-state index in [2.05, 4.69) is 16.0 Å². The number of nitrogens with one attached hydrogen (secondary N) is 1. The Labute approximate surface area is 159 Å². The molecule has 7 heteroatoms. The maximum atomic E-state index is 12.7. The molecule has 28 heavy (non-hydrogen) atoms. The van der Waals surface area contributed by atoms with E-state index in [9.17, 15) is 15.3 Å². The first kappa shape index (κ1) is 17.1. The molecule has 3 N–H and O–H groups in total. The molecule has 0 saturated carbocycles. The van der Waals surface area contributed by atoms with Crippen molar-refractivity contribution in [3.05, 3.63) is 93.2 Å². The fraction of sp³-hybridized carbons (Fsp3) is 0.0476. The molecule has 2 heterocycles. The number of allylic oxidation sites excluding steroid dienone is 2. The average molecular weight is 367 g/mol. The van der Waals surface area contributed by atoms with Crippen molar-refractivity contribution in [2.75, 3.05) is 0 Å². The number of nitriles is 2. The number of hydrogen-bond donors (Lipinski definition) is 2. The van der Waals surface area contributed by atoms with E-state index < -0.39 is 11.5 Å².